The van der Waals surface area contributed by atoms with Crippen molar-refractivity contribution in [2.75, 3.05) is 18.5 Å². The lowest BCUT2D eigenvalue weighted by Crippen LogP contribution is -2.17. The molecule has 1 aromatic rings. The fraction of sp³-hybridized carbons (Fsp3) is 0.750. The Morgan fingerprint density at radius 2 is 1.90 bits per heavy atom. The highest BCUT2D eigenvalue weighted by Gasteiger charge is 2.16. The zero-order chi connectivity index (χ0) is 14.4. The molecule has 0 aromatic carbocycles. The molecule has 0 bridgehead atoms. The van der Waals surface area contributed by atoms with E-state index in [2.05, 4.69) is 22.2 Å². The van der Waals surface area contributed by atoms with Gasteiger partial charge in [0.05, 0.1) is 12.2 Å². The molecule has 0 spiro atoms. The van der Waals surface area contributed by atoms with Gasteiger partial charge >= 0.3 is 0 Å². The number of ether oxygens (including phenoxy) is 1. The van der Waals surface area contributed by atoms with Crippen LogP contribution in [-0.4, -0.2) is 23.1 Å². The molecule has 1 aliphatic rings. The quantitative estimate of drug-likeness (QED) is 0.857. The lowest BCUT2D eigenvalue weighted by molar-refractivity contribution is 0.201. The van der Waals surface area contributed by atoms with Gasteiger partial charge in [-0.1, -0.05) is 26.2 Å². The average molecular weight is 277 g/mol. The molecule has 1 fully saturated rings. The van der Waals surface area contributed by atoms with Gasteiger partial charge in [-0.15, -0.1) is 0 Å². The monoisotopic (exact) mass is 277 g/mol. The molecule has 1 aliphatic carbocycles. The summed E-state index contributed by atoms with van der Waals surface area (Å²) in [5.74, 6) is 3.14. The van der Waals surface area contributed by atoms with Gasteiger partial charge in [-0.2, -0.15) is 4.98 Å². The maximum atomic E-state index is 5.99. The second kappa shape index (κ2) is 7.46. The van der Waals surface area contributed by atoms with Crippen LogP contribution >= 0.6 is 0 Å². The van der Waals surface area contributed by atoms with Gasteiger partial charge in [0.25, 0.3) is 0 Å². The van der Waals surface area contributed by atoms with Crippen LogP contribution in [0.15, 0.2) is 0 Å². The van der Waals surface area contributed by atoms with Gasteiger partial charge in [0.1, 0.15) is 11.6 Å². The van der Waals surface area contributed by atoms with Crippen LogP contribution in [0.2, 0.25) is 0 Å². The van der Waals surface area contributed by atoms with E-state index in [9.17, 15) is 0 Å². The minimum absolute atomic E-state index is 0.700. The molecule has 0 saturated heterocycles. The van der Waals surface area contributed by atoms with Crippen LogP contribution in [0.5, 0.6) is 5.88 Å². The number of aryl methyl sites for hydroxylation is 1. The molecule has 2 rings (SSSR count). The Morgan fingerprint density at radius 3 is 2.60 bits per heavy atom. The number of anilines is 1. The summed E-state index contributed by atoms with van der Waals surface area (Å²) in [6.07, 6.45) is 7.75. The highest BCUT2D eigenvalue weighted by Crippen LogP contribution is 2.26. The number of nitrogens with zero attached hydrogens (tertiary/aromatic N) is 2. The summed E-state index contributed by atoms with van der Waals surface area (Å²) < 4.78 is 5.99. The molecule has 0 amide bonds. The van der Waals surface area contributed by atoms with E-state index < -0.39 is 0 Å². The zero-order valence-electron chi connectivity index (χ0n) is 13.0. The zero-order valence-corrected chi connectivity index (χ0v) is 13.0. The van der Waals surface area contributed by atoms with Gasteiger partial charge in [0, 0.05) is 6.54 Å². The van der Waals surface area contributed by atoms with Crippen LogP contribution in [-0.2, 0) is 0 Å². The first-order chi connectivity index (χ1) is 9.70. The maximum Gasteiger partial charge on any atom is 0.221 e. The number of hydrogen-bond acceptors (Lipinski definition) is 4. The first-order valence-electron chi connectivity index (χ1n) is 7.92. The lowest BCUT2D eigenvalue weighted by atomic mass is 9.90. The standard InChI is InChI=1S/C16H27N3O/c1-4-10-17-15-12(2)16(19-13(3)18-15)20-11-14-8-6-5-7-9-14/h14H,4-11H2,1-3H3,(H,17,18,19). The Kier molecular flexibility index (Phi) is 5.62. The van der Waals surface area contributed by atoms with Gasteiger partial charge in [0.15, 0.2) is 0 Å². The van der Waals surface area contributed by atoms with Crippen LogP contribution in [0.4, 0.5) is 5.82 Å². The molecule has 1 heterocycles. The Labute approximate surface area is 122 Å². The van der Waals surface area contributed by atoms with Gasteiger partial charge in [0.2, 0.25) is 5.88 Å². The highest BCUT2D eigenvalue weighted by atomic mass is 16.5. The van der Waals surface area contributed by atoms with Crippen LogP contribution < -0.4 is 10.1 Å². The number of rotatable bonds is 6. The average Bonchev–Trinajstić information content (AvgIpc) is 2.47. The minimum Gasteiger partial charge on any atom is -0.477 e. The maximum absolute atomic E-state index is 5.99. The van der Waals surface area contributed by atoms with E-state index >= 15 is 0 Å². The lowest BCUT2D eigenvalue weighted by Gasteiger charge is -2.22. The van der Waals surface area contributed by atoms with Crippen molar-refractivity contribution in [3.63, 3.8) is 0 Å². The normalized spacial score (nSPS) is 16.1. The van der Waals surface area contributed by atoms with Crippen molar-refractivity contribution in [3.8, 4) is 5.88 Å². The highest BCUT2D eigenvalue weighted by molar-refractivity contribution is 5.48. The number of nitrogens with one attached hydrogen (secondary N) is 1. The summed E-state index contributed by atoms with van der Waals surface area (Å²) in [7, 11) is 0. The summed E-state index contributed by atoms with van der Waals surface area (Å²) in [4.78, 5) is 8.92. The van der Waals surface area contributed by atoms with Gasteiger partial charge in [-0.25, -0.2) is 4.98 Å². The van der Waals surface area contributed by atoms with E-state index in [0.717, 1.165) is 42.7 Å². The van der Waals surface area contributed by atoms with Crippen LogP contribution in [0, 0.1) is 19.8 Å². The fourth-order valence-electron chi connectivity index (χ4n) is 2.71. The molecule has 1 aromatic heterocycles. The van der Waals surface area contributed by atoms with Crippen molar-refractivity contribution in [2.45, 2.75) is 59.3 Å². The second-order valence-electron chi connectivity index (χ2n) is 5.79. The molecule has 112 valence electrons. The SMILES string of the molecule is CCCNc1nc(C)nc(OCC2CCCCC2)c1C. The summed E-state index contributed by atoms with van der Waals surface area (Å²) in [5.41, 5.74) is 1.03. The van der Waals surface area contributed by atoms with Crippen LogP contribution in [0.3, 0.4) is 0 Å². The minimum atomic E-state index is 0.700. The van der Waals surface area contributed by atoms with E-state index in [-0.39, 0.29) is 0 Å². The topological polar surface area (TPSA) is 47.0 Å². The molecule has 0 atom stereocenters. The van der Waals surface area contributed by atoms with Crippen molar-refractivity contribution >= 4 is 5.82 Å². The molecule has 20 heavy (non-hydrogen) atoms. The van der Waals surface area contributed by atoms with E-state index in [1.165, 1.54) is 32.1 Å². The summed E-state index contributed by atoms with van der Waals surface area (Å²) in [6, 6.07) is 0. The first kappa shape index (κ1) is 15.1. The Morgan fingerprint density at radius 1 is 1.15 bits per heavy atom. The van der Waals surface area contributed by atoms with Crippen LogP contribution in [0.25, 0.3) is 0 Å². The fourth-order valence-corrected chi connectivity index (χ4v) is 2.71. The van der Waals surface area contributed by atoms with E-state index in [0.29, 0.717) is 5.92 Å². The molecule has 1 saturated carbocycles. The van der Waals surface area contributed by atoms with Crippen molar-refractivity contribution in [3.05, 3.63) is 11.4 Å². The number of hydrogen-bond donors (Lipinski definition) is 1. The largest absolute Gasteiger partial charge is 0.477 e. The smallest absolute Gasteiger partial charge is 0.221 e. The first-order valence-corrected chi connectivity index (χ1v) is 7.92. The van der Waals surface area contributed by atoms with Gasteiger partial charge in [-0.3, -0.25) is 0 Å². The molecule has 1 N–H and O–H groups in total. The predicted molar refractivity (Wildman–Crippen MR) is 82.4 cm³/mol. The second-order valence-corrected chi connectivity index (χ2v) is 5.79. The summed E-state index contributed by atoms with van der Waals surface area (Å²) in [6.45, 7) is 7.83. The predicted octanol–water partition coefficient (Wildman–Crippen LogP) is 3.87. The third-order valence-corrected chi connectivity index (χ3v) is 3.94. The molecule has 0 aliphatic heterocycles. The van der Waals surface area contributed by atoms with Crippen LogP contribution in [0.1, 0.15) is 56.8 Å². The Bertz CT molecular complexity index is 428. The molecular weight excluding hydrogens is 250 g/mol. The molecule has 4 nitrogen and oxygen atoms in total. The molecule has 0 radical (unpaired) electrons. The Balaban J connectivity index is 2.00. The van der Waals surface area contributed by atoms with E-state index in [1.807, 2.05) is 13.8 Å². The number of aromatic nitrogens is 2. The van der Waals surface area contributed by atoms with Gasteiger partial charge in [-0.05, 0) is 39.0 Å². The van der Waals surface area contributed by atoms with Crippen molar-refractivity contribution in [2.24, 2.45) is 5.92 Å². The summed E-state index contributed by atoms with van der Waals surface area (Å²) in [5, 5.41) is 3.35. The van der Waals surface area contributed by atoms with Gasteiger partial charge < -0.3 is 10.1 Å². The molecular formula is C16H27N3O. The Hall–Kier alpha value is -1.32. The van der Waals surface area contributed by atoms with Crippen molar-refractivity contribution in [1.82, 2.24) is 9.97 Å². The van der Waals surface area contributed by atoms with E-state index in [1.54, 1.807) is 0 Å². The molecule has 4 heteroatoms. The van der Waals surface area contributed by atoms with Crippen molar-refractivity contribution < 1.29 is 4.74 Å². The van der Waals surface area contributed by atoms with E-state index in [4.69, 9.17) is 4.74 Å². The third kappa shape index (κ3) is 4.09. The van der Waals surface area contributed by atoms with Crippen molar-refractivity contribution in [1.29, 1.82) is 0 Å². The molecule has 0 unspecified atom stereocenters. The summed E-state index contributed by atoms with van der Waals surface area (Å²) >= 11 is 0. The third-order valence-electron chi connectivity index (χ3n) is 3.94.